The molecule has 1 aromatic heterocycles. The second-order valence-corrected chi connectivity index (χ2v) is 12.8. The number of para-hydroxylation sites is 1. The summed E-state index contributed by atoms with van der Waals surface area (Å²) in [6.45, 7) is 5.19. The van der Waals surface area contributed by atoms with Gasteiger partial charge in [-0.1, -0.05) is 54.4 Å². The Morgan fingerprint density at radius 3 is 2.64 bits per heavy atom. The summed E-state index contributed by atoms with van der Waals surface area (Å²) < 4.78 is 6.65. The number of likely N-dealkylation sites (N-methyl/N-ethyl adjacent to an activating group) is 1. The maximum absolute atomic E-state index is 13.8. The van der Waals surface area contributed by atoms with Crippen LogP contribution in [0.3, 0.4) is 0 Å². The van der Waals surface area contributed by atoms with Crippen molar-refractivity contribution in [3.05, 3.63) is 99.0 Å². The van der Waals surface area contributed by atoms with E-state index in [-0.39, 0.29) is 30.4 Å². The van der Waals surface area contributed by atoms with E-state index < -0.39 is 6.04 Å². The molecule has 1 aliphatic heterocycles. The number of hydrogen-bond acceptors (Lipinski definition) is 7. The number of nitrogens with one attached hydrogen (secondary N) is 1. The van der Waals surface area contributed by atoms with Gasteiger partial charge in [0, 0.05) is 48.3 Å². The Labute approximate surface area is 271 Å². The largest absolute Gasteiger partial charge is 0.486 e. The maximum Gasteiger partial charge on any atom is 0.258 e. The normalized spacial score (nSPS) is 17.4. The number of halogens is 2. The second kappa shape index (κ2) is 14.1. The first-order chi connectivity index (χ1) is 21.1. The SMILES string of the molecule is C[C@@H]1CN([C@H](C)CO)C(=O)c2cccc(NC(=O)c3ccc(-c4nccs4)cc3)c2O[C@@H]1CN(C)Cc1ccc(Cl)c(Cl)c1. The summed E-state index contributed by atoms with van der Waals surface area (Å²) in [7, 11) is 1.99. The summed E-state index contributed by atoms with van der Waals surface area (Å²) >= 11 is 13.9. The summed E-state index contributed by atoms with van der Waals surface area (Å²) in [4.78, 5) is 35.3. The van der Waals surface area contributed by atoms with Gasteiger partial charge in [-0.2, -0.15) is 0 Å². The van der Waals surface area contributed by atoms with Crippen LogP contribution in [0, 0.1) is 5.92 Å². The molecule has 3 aromatic carbocycles. The van der Waals surface area contributed by atoms with Gasteiger partial charge >= 0.3 is 0 Å². The van der Waals surface area contributed by atoms with Crippen LogP contribution in [0.5, 0.6) is 5.75 Å². The average molecular weight is 654 g/mol. The van der Waals surface area contributed by atoms with Crippen LogP contribution >= 0.6 is 34.5 Å². The number of carbonyl (C=O) groups is 2. The molecule has 8 nitrogen and oxygen atoms in total. The van der Waals surface area contributed by atoms with E-state index in [1.54, 1.807) is 47.5 Å². The predicted molar refractivity (Wildman–Crippen MR) is 176 cm³/mol. The third kappa shape index (κ3) is 7.25. The first-order valence-corrected chi connectivity index (χ1v) is 15.9. The van der Waals surface area contributed by atoms with E-state index in [0.29, 0.717) is 52.2 Å². The van der Waals surface area contributed by atoms with Gasteiger partial charge in [-0.3, -0.25) is 14.5 Å². The van der Waals surface area contributed by atoms with Crippen LogP contribution in [-0.2, 0) is 6.54 Å². The van der Waals surface area contributed by atoms with E-state index in [2.05, 4.69) is 15.2 Å². The lowest BCUT2D eigenvalue weighted by Gasteiger charge is -2.38. The summed E-state index contributed by atoms with van der Waals surface area (Å²) in [5.74, 6) is -0.386. The van der Waals surface area contributed by atoms with Crippen molar-refractivity contribution in [2.75, 3.05) is 32.1 Å². The Bertz CT molecular complexity index is 1620. The van der Waals surface area contributed by atoms with Gasteiger partial charge in [0.25, 0.3) is 11.8 Å². The zero-order chi connectivity index (χ0) is 31.4. The number of ether oxygens (including phenoxy) is 1. The molecule has 1 aliphatic rings. The minimum absolute atomic E-state index is 0.0977. The number of anilines is 1. The van der Waals surface area contributed by atoms with Gasteiger partial charge in [0.2, 0.25) is 0 Å². The van der Waals surface area contributed by atoms with Crippen LogP contribution in [-0.4, -0.2) is 70.6 Å². The van der Waals surface area contributed by atoms with E-state index >= 15 is 0 Å². The molecule has 0 unspecified atom stereocenters. The molecule has 0 aliphatic carbocycles. The molecule has 0 saturated carbocycles. The van der Waals surface area contributed by atoms with Gasteiger partial charge in [0.05, 0.1) is 33.9 Å². The van der Waals surface area contributed by atoms with Crippen LogP contribution in [0.15, 0.2) is 72.2 Å². The lowest BCUT2D eigenvalue weighted by atomic mass is 9.98. The van der Waals surface area contributed by atoms with Crippen molar-refractivity contribution in [3.63, 3.8) is 0 Å². The Morgan fingerprint density at radius 2 is 1.95 bits per heavy atom. The van der Waals surface area contributed by atoms with Gasteiger partial charge in [-0.15, -0.1) is 11.3 Å². The molecule has 230 valence electrons. The fraction of sp³-hybridized carbons (Fsp3) is 0.303. The first-order valence-electron chi connectivity index (χ1n) is 14.3. The predicted octanol–water partition coefficient (Wildman–Crippen LogP) is 6.72. The molecule has 4 aromatic rings. The molecular weight excluding hydrogens is 619 g/mol. The zero-order valence-corrected chi connectivity index (χ0v) is 27.0. The van der Waals surface area contributed by atoms with Gasteiger partial charge in [-0.25, -0.2) is 4.98 Å². The van der Waals surface area contributed by atoms with Crippen molar-refractivity contribution in [3.8, 4) is 16.3 Å². The van der Waals surface area contributed by atoms with Crippen molar-refractivity contribution in [1.29, 1.82) is 0 Å². The van der Waals surface area contributed by atoms with Crippen LogP contribution in [0.25, 0.3) is 10.6 Å². The Kier molecular flexibility index (Phi) is 10.2. The van der Waals surface area contributed by atoms with Crippen LogP contribution < -0.4 is 10.1 Å². The average Bonchev–Trinajstić information content (AvgIpc) is 3.56. The lowest BCUT2D eigenvalue weighted by Crippen LogP contribution is -2.49. The number of aliphatic hydroxyl groups is 1. The number of nitrogens with zero attached hydrogens (tertiary/aromatic N) is 3. The number of rotatable bonds is 9. The smallest absolute Gasteiger partial charge is 0.258 e. The number of benzene rings is 3. The highest BCUT2D eigenvalue weighted by molar-refractivity contribution is 7.13. The standard InChI is InChI=1S/C33H34Cl2N4O4S/c1-20-16-39(21(2)19-40)33(42)25-5-4-6-28(37-31(41)23-8-10-24(11-9-23)32-36-13-14-44-32)30(25)43-29(20)18-38(3)17-22-7-12-26(34)27(35)15-22/h4-15,20-21,29,40H,16-19H2,1-3H3,(H,37,41)/t20-,21-,29-/m1/s1. The maximum atomic E-state index is 13.8. The molecule has 11 heteroatoms. The summed E-state index contributed by atoms with van der Waals surface area (Å²) in [5, 5.41) is 16.7. The van der Waals surface area contributed by atoms with Crippen LogP contribution in [0.2, 0.25) is 10.0 Å². The molecule has 2 heterocycles. The van der Waals surface area contributed by atoms with Crippen molar-refractivity contribution < 1.29 is 19.4 Å². The van der Waals surface area contributed by atoms with Crippen molar-refractivity contribution in [2.45, 2.75) is 32.5 Å². The second-order valence-electron chi connectivity index (χ2n) is 11.1. The summed E-state index contributed by atoms with van der Waals surface area (Å²) in [6, 6.07) is 17.5. The van der Waals surface area contributed by atoms with E-state index in [1.807, 2.05) is 50.5 Å². The number of carbonyl (C=O) groups excluding carboxylic acids is 2. The lowest BCUT2D eigenvalue weighted by molar-refractivity contribution is 0.0343. The highest BCUT2D eigenvalue weighted by Gasteiger charge is 2.34. The number of amides is 2. The molecule has 2 amide bonds. The van der Waals surface area contributed by atoms with Gasteiger partial charge in [-0.05, 0) is 55.9 Å². The Morgan fingerprint density at radius 1 is 1.18 bits per heavy atom. The highest BCUT2D eigenvalue weighted by Crippen LogP contribution is 2.35. The zero-order valence-electron chi connectivity index (χ0n) is 24.7. The molecular formula is C33H34Cl2N4O4S. The van der Waals surface area contributed by atoms with Crippen LogP contribution in [0.4, 0.5) is 5.69 Å². The molecule has 0 fully saturated rings. The Balaban J connectivity index is 1.43. The van der Waals surface area contributed by atoms with Crippen molar-refractivity contribution >= 4 is 52.0 Å². The minimum atomic E-state index is -0.403. The molecule has 2 N–H and O–H groups in total. The summed E-state index contributed by atoms with van der Waals surface area (Å²) in [6.07, 6.45) is 1.39. The topological polar surface area (TPSA) is 95.0 Å². The van der Waals surface area contributed by atoms with Crippen molar-refractivity contribution in [1.82, 2.24) is 14.8 Å². The fourth-order valence-electron chi connectivity index (χ4n) is 5.21. The van der Waals surface area contributed by atoms with Gasteiger partial charge in [0.15, 0.2) is 5.75 Å². The number of aromatic nitrogens is 1. The molecule has 44 heavy (non-hydrogen) atoms. The molecule has 0 radical (unpaired) electrons. The van der Waals surface area contributed by atoms with Gasteiger partial charge in [0.1, 0.15) is 11.1 Å². The number of hydrogen-bond donors (Lipinski definition) is 2. The van der Waals surface area contributed by atoms with E-state index in [0.717, 1.165) is 16.1 Å². The quantitative estimate of drug-likeness (QED) is 0.208. The number of thiazole rings is 1. The fourth-order valence-corrected chi connectivity index (χ4v) is 6.17. The molecule has 5 rings (SSSR count). The molecule has 0 spiro atoms. The third-order valence-electron chi connectivity index (χ3n) is 7.69. The van der Waals surface area contributed by atoms with E-state index in [9.17, 15) is 14.7 Å². The Hall–Kier alpha value is -3.47. The number of aliphatic hydroxyl groups excluding tert-OH is 1. The molecule has 0 bridgehead atoms. The minimum Gasteiger partial charge on any atom is -0.486 e. The third-order valence-corrected chi connectivity index (χ3v) is 9.26. The number of fused-ring (bicyclic) bond motifs is 1. The monoisotopic (exact) mass is 652 g/mol. The summed E-state index contributed by atoms with van der Waals surface area (Å²) in [5.41, 5.74) is 3.11. The van der Waals surface area contributed by atoms with Crippen molar-refractivity contribution in [2.24, 2.45) is 5.92 Å². The van der Waals surface area contributed by atoms with E-state index in [1.165, 1.54) is 11.3 Å². The highest BCUT2D eigenvalue weighted by atomic mass is 35.5. The first kappa shape index (κ1) is 31.9. The molecule has 3 atom stereocenters. The van der Waals surface area contributed by atoms with E-state index in [4.69, 9.17) is 27.9 Å². The van der Waals surface area contributed by atoms with Gasteiger partial charge < -0.3 is 20.1 Å². The molecule has 0 saturated heterocycles. The van der Waals surface area contributed by atoms with Crippen LogP contribution in [0.1, 0.15) is 40.1 Å².